The van der Waals surface area contributed by atoms with Crippen molar-refractivity contribution in [2.75, 3.05) is 12.8 Å². The summed E-state index contributed by atoms with van der Waals surface area (Å²) in [6.07, 6.45) is 1.24. The minimum atomic E-state index is -0.732. The number of nitrogens with one attached hydrogen (secondary N) is 1. The number of nitrogens with two attached hydrogens (primary N) is 1. The van der Waals surface area contributed by atoms with Crippen molar-refractivity contribution >= 4 is 17.6 Å². The average molecular weight is 343 g/mol. The summed E-state index contributed by atoms with van der Waals surface area (Å²) in [7, 11) is 1.46. The molecule has 2 aromatic rings. The molecule has 0 fully saturated rings. The van der Waals surface area contributed by atoms with Gasteiger partial charge in [0.05, 0.1) is 11.9 Å². The summed E-state index contributed by atoms with van der Waals surface area (Å²) < 4.78 is 11.2. The minimum Gasteiger partial charge on any atom is -0.456 e. The minimum absolute atomic E-state index is 0.0348. The lowest BCUT2D eigenvalue weighted by Crippen LogP contribution is -2.26. The molecule has 0 radical (unpaired) electrons. The first-order valence-corrected chi connectivity index (χ1v) is 7.69. The molecule has 0 saturated heterocycles. The molecule has 0 spiro atoms. The maximum absolute atomic E-state index is 12.6. The van der Waals surface area contributed by atoms with Crippen molar-refractivity contribution in [3.63, 3.8) is 0 Å². The molecule has 132 valence electrons. The van der Waals surface area contributed by atoms with Gasteiger partial charge in [-0.3, -0.25) is 4.79 Å². The number of hydrogen-bond acceptors (Lipinski definition) is 6. The van der Waals surface area contributed by atoms with Crippen molar-refractivity contribution in [3.8, 4) is 11.5 Å². The fraction of sp³-hybridized carbons (Fsp3) is 0.278. The van der Waals surface area contributed by atoms with E-state index in [1.54, 1.807) is 45.0 Å². The number of aromatic nitrogens is 1. The van der Waals surface area contributed by atoms with Crippen LogP contribution in [0.1, 0.15) is 41.6 Å². The number of esters is 1. The van der Waals surface area contributed by atoms with E-state index in [9.17, 15) is 9.59 Å². The fourth-order valence-electron chi connectivity index (χ4n) is 2.03. The van der Waals surface area contributed by atoms with E-state index in [1.807, 2.05) is 6.07 Å². The van der Waals surface area contributed by atoms with E-state index in [2.05, 4.69) is 10.3 Å². The van der Waals surface area contributed by atoms with E-state index in [1.165, 1.54) is 13.2 Å². The van der Waals surface area contributed by atoms with Crippen LogP contribution < -0.4 is 15.8 Å². The Morgan fingerprint density at radius 3 is 2.36 bits per heavy atom. The monoisotopic (exact) mass is 343 g/mol. The number of pyridine rings is 1. The van der Waals surface area contributed by atoms with E-state index in [0.717, 1.165) is 0 Å². The maximum atomic E-state index is 12.6. The van der Waals surface area contributed by atoms with Crippen LogP contribution in [0.5, 0.6) is 11.5 Å². The summed E-state index contributed by atoms with van der Waals surface area (Å²) in [5.41, 5.74) is 5.17. The first kappa shape index (κ1) is 18.3. The van der Waals surface area contributed by atoms with Gasteiger partial charge in [-0.1, -0.05) is 18.2 Å². The number of para-hydroxylation sites is 1. The van der Waals surface area contributed by atoms with Gasteiger partial charge in [0.1, 0.15) is 16.9 Å². The zero-order chi connectivity index (χ0) is 18.6. The zero-order valence-electron chi connectivity index (χ0n) is 14.6. The first-order chi connectivity index (χ1) is 11.7. The van der Waals surface area contributed by atoms with Crippen LogP contribution in [-0.2, 0) is 4.74 Å². The molecular weight excluding hydrogens is 322 g/mol. The topological polar surface area (TPSA) is 104 Å². The predicted molar refractivity (Wildman–Crippen MR) is 93.7 cm³/mol. The third kappa shape index (κ3) is 4.47. The molecular formula is C18H21N3O4. The lowest BCUT2D eigenvalue weighted by Gasteiger charge is -2.22. The quantitative estimate of drug-likeness (QED) is 0.827. The number of nitrogen functional groups attached to an aromatic ring is 1. The van der Waals surface area contributed by atoms with Crippen molar-refractivity contribution in [3.05, 3.63) is 47.8 Å². The van der Waals surface area contributed by atoms with Gasteiger partial charge >= 0.3 is 5.97 Å². The fourth-order valence-corrected chi connectivity index (χ4v) is 2.03. The molecule has 0 aliphatic heterocycles. The first-order valence-electron chi connectivity index (χ1n) is 7.69. The summed E-state index contributed by atoms with van der Waals surface area (Å²) >= 11 is 0. The Kier molecular flexibility index (Phi) is 5.26. The highest BCUT2D eigenvalue weighted by Gasteiger charge is 2.28. The smallest absolute Gasteiger partial charge is 0.344 e. The van der Waals surface area contributed by atoms with E-state index in [0.29, 0.717) is 5.75 Å². The summed E-state index contributed by atoms with van der Waals surface area (Å²) in [6, 6.07) is 8.73. The molecule has 0 atom stereocenters. The predicted octanol–water partition coefficient (Wildman–Crippen LogP) is 2.77. The SMILES string of the molecule is CNC(=O)c1ncc(N)c(C(=O)OC(C)(C)C)c1Oc1ccccc1. The van der Waals surface area contributed by atoms with E-state index < -0.39 is 17.5 Å². The molecule has 1 aromatic carbocycles. The van der Waals surface area contributed by atoms with Crippen LogP contribution in [0.15, 0.2) is 36.5 Å². The second-order valence-corrected chi connectivity index (χ2v) is 6.26. The molecule has 0 saturated carbocycles. The van der Waals surface area contributed by atoms with Gasteiger partial charge < -0.3 is 20.5 Å². The second-order valence-electron chi connectivity index (χ2n) is 6.26. The number of carbonyl (C=O) groups is 2. The van der Waals surface area contributed by atoms with Gasteiger partial charge in [0, 0.05) is 7.05 Å². The number of rotatable bonds is 4. The Bertz CT molecular complexity index is 783. The van der Waals surface area contributed by atoms with Gasteiger partial charge in [0.25, 0.3) is 5.91 Å². The number of amides is 1. The molecule has 0 bridgehead atoms. The normalized spacial score (nSPS) is 10.9. The molecule has 25 heavy (non-hydrogen) atoms. The molecule has 1 amide bonds. The van der Waals surface area contributed by atoms with Crippen LogP contribution in [0, 0.1) is 0 Å². The number of hydrogen-bond donors (Lipinski definition) is 2. The van der Waals surface area contributed by atoms with E-state index in [-0.39, 0.29) is 22.7 Å². The Morgan fingerprint density at radius 2 is 1.80 bits per heavy atom. The third-order valence-electron chi connectivity index (χ3n) is 3.07. The highest BCUT2D eigenvalue weighted by Crippen LogP contribution is 2.33. The lowest BCUT2D eigenvalue weighted by atomic mass is 10.1. The Labute approximate surface area is 146 Å². The van der Waals surface area contributed by atoms with Crippen molar-refractivity contribution in [2.45, 2.75) is 26.4 Å². The van der Waals surface area contributed by atoms with Crippen LogP contribution in [0.25, 0.3) is 0 Å². The Hall–Kier alpha value is -3.09. The maximum Gasteiger partial charge on any atom is 0.344 e. The summed E-state index contributed by atoms with van der Waals surface area (Å²) in [5, 5.41) is 2.47. The molecule has 7 heteroatoms. The van der Waals surface area contributed by atoms with Gasteiger partial charge in [-0.05, 0) is 32.9 Å². The summed E-state index contributed by atoms with van der Waals surface area (Å²) in [4.78, 5) is 28.8. The number of nitrogens with zero attached hydrogens (tertiary/aromatic N) is 1. The van der Waals surface area contributed by atoms with Crippen LogP contribution in [0.3, 0.4) is 0 Å². The number of ether oxygens (including phenoxy) is 2. The summed E-state index contributed by atoms with van der Waals surface area (Å²) in [5.74, 6) is -0.802. The van der Waals surface area contributed by atoms with Crippen LogP contribution in [0.4, 0.5) is 5.69 Å². The molecule has 0 aliphatic carbocycles. The van der Waals surface area contributed by atoms with E-state index in [4.69, 9.17) is 15.2 Å². The highest BCUT2D eigenvalue weighted by molar-refractivity contribution is 6.04. The molecule has 1 aromatic heterocycles. The van der Waals surface area contributed by atoms with Gasteiger partial charge in [0.15, 0.2) is 11.4 Å². The Morgan fingerprint density at radius 1 is 1.16 bits per heavy atom. The number of carbonyl (C=O) groups excluding carboxylic acids is 2. The second kappa shape index (κ2) is 7.21. The lowest BCUT2D eigenvalue weighted by molar-refractivity contribution is 0.00683. The largest absolute Gasteiger partial charge is 0.456 e. The van der Waals surface area contributed by atoms with Crippen molar-refractivity contribution in [2.24, 2.45) is 0 Å². The Balaban J connectivity index is 2.59. The van der Waals surface area contributed by atoms with Crippen LogP contribution in [0.2, 0.25) is 0 Å². The van der Waals surface area contributed by atoms with Crippen LogP contribution >= 0.6 is 0 Å². The van der Waals surface area contributed by atoms with Gasteiger partial charge in [0.2, 0.25) is 0 Å². The molecule has 2 rings (SSSR count). The van der Waals surface area contributed by atoms with Crippen molar-refractivity contribution in [1.29, 1.82) is 0 Å². The van der Waals surface area contributed by atoms with Gasteiger partial charge in [-0.2, -0.15) is 0 Å². The van der Waals surface area contributed by atoms with Crippen LogP contribution in [-0.4, -0.2) is 29.5 Å². The van der Waals surface area contributed by atoms with E-state index >= 15 is 0 Å². The molecule has 1 heterocycles. The van der Waals surface area contributed by atoms with Crippen molar-refractivity contribution < 1.29 is 19.1 Å². The number of benzene rings is 1. The zero-order valence-corrected chi connectivity index (χ0v) is 14.6. The van der Waals surface area contributed by atoms with Gasteiger partial charge in [-0.25, -0.2) is 9.78 Å². The van der Waals surface area contributed by atoms with Gasteiger partial charge in [-0.15, -0.1) is 0 Å². The number of anilines is 1. The molecule has 0 unspecified atom stereocenters. The standard InChI is InChI=1S/C18H21N3O4/c1-18(2,3)25-17(23)13-12(19)10-21-14(16(22)20-4)15(13)24-11-8-6-5-7-9-11/h5-10H,19H2,1-4H3,(H,20,22). The average Bonchev–Trinajstić information content (AvgIpc) is 2.53. The molecule has 3 N–H and O–H groups in total. The van der Waals surface area contributed by atoms with Crippen molar-refractivity contribution in [1.82, 2.24) is 10.3 Å². The third-order valence-corrected chi connectivity index (χ3v) is 3.07. The summed E-state index contributed by atoms with van der Waals surface area (Å²) in [6.45, 7) is 5.21. The highest BCUT2D eigenvalue weighted by atomic mass is 16.6. The molecule has 0 aliphatic rings. The molecule has 7 nitrogen and oxygen atoms in total.